The van der Waals surface area contributed by atoms with Crippen LogP contribution in [0.5, 0.6) is 0 Å². The summed E-state index contributed by atoms with van der Waals surface area (Å²) in [5, 5.41) is 14.3. The van der Waals surface area contributed by atoms with Gasteiger partial charge in [0.25, 0.3) is 5.69 Å². The molecule has 1 saturated heterocycles. The molecule has 1 aliphatic rings. The van der Waals surface area contributed by atoms with Gasteiger partial charge in [-0.15, -0.1) is 0 Å². The third-order valence-electron chi connectivity index (χ3n) is 3.39. The first kappa shape index (κ1) is 14.7. The van der Waals surface area contributed by atoms with Crippen molar-refractivity contribution >= 4 is 11.4 Å². The summed E-state index contributed by atoms with van der Waals surface area (Å²) in [6.45, 7) is 8.11. The minimum Gasteiger partial charge on any atom is -0.379 e. The summed E-state index contributed by atoms with van der Waals surface area (Å²) in [5.41, 5.74) is 1.61. The SMILES string of the molecule is Cc1ccc(NC(C)CN2CCOCC2)c([N+](=O)[O-])c1. The molecule has 1 heterocycles. The Morgan fingerprint density at radius 1 is 1.45 bits per heavy atom. The van der Waals surface area contributed by atoms with Gasteiger partial charge in [-0.2, -0.15) is 0 Å². The Morgan fingerprint density at radius 3 is 2.80 bits per heavy atom. The Labute approximate surface area is 118 Å². The number of hydrogen-bond acceptors (Lipinski definition) is 5. The zero-order chi connectivity index (χ0) is 14.5. The summed E-state index contributed by atoms with van der Waals surface area (Å²) in [6.07, 6.45) is 0. The topological polar surface area (TPSA) is 67.6 Å². The van der Waals surface area contributed by atoms with Crippen molar-refractivity contribution in [3.05, 3.63) is 33.9 Å². The molecular weight excluding hydrogens is 258 g/mol. The first-order valence-electron chi connectivity index (χ1n) is 6.88. The predicted octanol–water partition coefficient (Wildman–Crippen LogP) is 2.04. The Bertz CT molecular complexity index is 473. The van der Waals surface area contributed by atoms with Crippen molar-refractivity contribution in [3.8, 4) is 0 Å². The molecule has 0 amide bonds. The third-order valence-corrected chi connectivity index (χ3v) is 3.39. The molecule has 1 aliphatic heterocycles. The van der Waals surface area contributed by atoms with Gasteiger partial charge in [0.2, 0.25) is 0 Å². The maximum absolute atomic E-state index is 11.1. The first-order valence-corrected chi connectivity index (χ1v) is 6.88. The molecule has 20 heavy (non-hydrogen) atoms. The second-order valence-electron chi connectivity index (χ2n) is 5.24. The maximum Gasteiger partial charge on any atom is 0.292 e. The van der Waals surface area contributed by atoms with Gasteiger partial charge in [-0.25, -0.2) is 0 Å². The lowest BCUT2D eigenvalue weighted by molar-refractivity contribution is -0.384. The highest BCUT2D eigenvalue weighted by molar-refractivity contribution is 5.62. The van der Waals surface area contributed by atoms with Gasteiger partial charge in [0, 0.05) is 31.7 Å². The molecule has 1 aromatic rings. The van der Waals surface area contributed by atoms with Crippen LogP contribution >= 0.6 is 0 Å². The van der Waals surface area contributed by atoms with Gasteiger partial charge >= 0.3 is 0 Å². The van der Waals surface area contributed by atoms with Crippen LogP contribution in [0, 0.1) is 17.0 Å². The van der Waals surface area contributed by atoms with E-state index in [0.717, 1.165) is 38.4 Å². The highest BCUT2D eigenvalue weighted by Gasteiger charge is 2.18. The van der Waals surface area contributed by atoms with Crippen molar-refractivity contribution in [1.82, 2.24) is 4.90 Å². The molecule has 1 N–H and O–H groups in total. The molecule has 6 nitrogen and oxygen atoms in total. The van der Waals surface area contributed by atoms with Gasteiger partial charge in [0.15, 0.2) is 0 Å². The molecule has 0 aliphatic carbocycles. The summed E-state index contributed by atoms with van der Waals surface area (Å²) in [5.74, 6) is 0. The number of rotatable bonds is 5. The Balaban J connectivity index is 1.99. The van der Waals surface area contributed by atoms with Crippen molar-refractivity contribution < 1.29 is 9.66 Å². The van der Waals surface area contributed by atoms with Gasteiger partial charge in [0.1, 0.15) is 5.69 Å². The van der Waals surface area contributed by atoms with E-state index in [2.05, 4.69) is 10.2 Å². The van der Waals surface area contributed by atoms with Crippen LogP contribution in [-0.4, -0.2) is 48.7 Å². The summed E-state index contributed by atoms with van der Waals surface area (Å²) < 4.78 is 5.31. The average Bonchev–Trinajstić information content (AvgIpc) is 2.41. The first-order chi connectivity index (χ1) is 9.56. The molecule has 0 spiro atoms. The number of anilines is 1. The quantitative estimate of drug-likeness (QED) is 0.660. The van der Waals surface area contributed by atoms with Crippen LogP contribution < -0.4 is 5.32 Å². The van der Waals surface area contributed by atoms with Crippen LogP contribution in [0.1, 0.15) is 12.5 Å². The van der Waals surface area contributed by atoms with Crippen LogP contribution in [0.2, 0.25) is 0 Å². The van der Waals surface area contributed by atoms with E-state index in [4.69, 9.17) is 4.74 Å². The second-order valence-corrected chi connectivity index (χ2v) is 5.24. The van der Waals surface area contributed by atoms with Gasteiger partial charge in [-0.05, 0) is 25.5 Å². The molecule has 0 radical (unpaired) electrons. The average molecular weight is 279 g/mol. The fourth-order valence-corrected chi connectivity index (χ4v) is 2.40. The highest BCUT2D eigenvalue weighted by Crippen LogP contribution is 2.26. The molecular formula is C14H21N3O3. The second kappa shape index (κ2) is 6.67. The fourth-order valence-electron chi connectivity index (χ4n) is 2.40. The van der Waals surface area contributed by atoms with E-state index in [1.807, 2.05) is 19.9 Å². The molecule has 1 aromatic carbocycles. The zero-order valence-corrected chi connectivity index (χ0v) is 12.0. The maximum atomic E-state index is 11.1. The van der Waals surface area contributed by atoms with E-state index in [0.29, 0.717) is 5.69 Å². The summed E-state index contributed by atoms with van der Waals surface area (Å²) in [6, 6.07) is 5.42. The van der Waals surface area contributed by atoms with Crippen LogP contribution in [0.25, 0.3) is 0 Å². The Kier molecular flexibility index (Phi) is 4.92. The molecule has 0 saturated carbocycles. The smallest absolute Gasteiger partial charge is 0.292 e. The minimum absolute atomic E-state index is 0.138. The fraction of sp³-hybridized carbons (Fsp3) is 0.571. The summed E-state index contributed by atoms with van der Waals surface area (Å²) >= 11 is 0. The predicted molar refractivity (Wildman–Crippen MR) is 78.2 cm³/mol. The molecule has 1 atom stereocenters. The van der Waals surface area contributed by atoms with Gasteiger partial charge in [-0.3, -0.25) is 15.0 Å². The lowest BCUT2D eigenvalue weighted by atomic mass is 10.1. The number of ether oxygens (including phenoxy) is 1. The van der Waals surface area contributed by atoms with E-state index in [1.165, 1.54) is 0 Å². The van der Waals surface area contributed by atoms with E-state index in [-0.39, 0.29) is 16.7 Å². The lowest BCUT2D eigenvalue weighted by Gasteiger charge is -2.29. The van der Waals surface area contributed by atoms with Gasteiger partial charge < -0.3 is 10.1 Å². The van der Waals surface area contributed by atoms with E-state index >= 15 is 0 Å². The number of nitro benzene ring substituents is 1. The van der Waals surface area contributed by atoms with E-state index in [9.17, 15) is 10.1 Å². The number of nitrogens with one attached hydrogen (secondary N) is 1. The number of nitrogens with zero attached hydrogens (tertiary/aromatic N) is 2. The Morgan fingerprint density at radius 2 is 2.15 bits per heavy atom. The van der Waals surface area contributed by atoms with Gasteiger partial charge in [-0.1, -0.05) is 6.07 Å². The molecule has 1 unspecified atom stereocenters. The number of benzene rings is 1. The van der Waals surface area contributed by atoms with Crippen molar-refractivity contribution in [2.24, 2.45) is 0 Å². The number of hydrogen-bond donors (Lipinski definition) is 1. The molecule has 2 rings (SSSR count). The van der Waals surface area contributed by atoms with E-state index in [1.54, 1.807) is 12.1 Å². The lowest BCUT2D eigenvalue weighted by Crippen LogP contribution is -2.42. The van der Waals surface area contributed by atoms with Crippen LogP contribution in [0.4, 0.5) is 11.4 Å². The third kappa shape index (κ3) is 3.91. The Hall–Kier alpha value is -1.66. The van der Waals surface area contributed by atoms with E-state index < -0.39 is 0 Å². The largest absolute Gasteiger partial charge is 0.379 e. The molecule has 0 aromatic heterocycles. The molecule has 1 fully saturated rings. The number of morpholine rings is 1. The normalized spacial score (nSPS) is 17.7. The van der Waals surface area contributed by atoms with Crippen LogP contribution in [0.15, 0.2) is 18.2 Å². The van der Waals surface area contributed by atoms with Crippen molar-refractivity contribution in [2.75, 3.05) is 38.2 Å². The summed E-state index contributed by atoms with van der Waals surface area (Å²) in [7, 11) is 0. The standard InChI is InChI=1S/C14H21N3O3/c1-11-3-4-13(14(9-11)17(18)19)15-12(2)10-16-5-7-20-8-6-16/h3-4,9,12,15H,5-8,10H2,1-2H3. The monoisotopic (exact) mass is 279 g/mol. The number of aryl methyl sites for hydroxylation is 1. The summed E-state index contributed by atoms with van der Waals surface area (Å²) in [4.78, 5) is 13.1. The van der Waals surface area contributed by atoms with Crippen molar-refractivity contribution in [2.45, 2.75) is 19.9 Å². The zero-order valence-electron chi connectivity index (χ0n) is 12.0. The van der Waals surface area contributed by atoms with Crippen molar-refractivity contribution in [3.63, 3.8) is 0 Å². The number of nitro groups is 1. The molecule has 0 bridgehead atoms. The van der Waals surface area contributed by atoms with Crippen molar-refractivity contribution in [1.29, 1.82) is 0 Å². The molecule has 6 heteroatoms. The van der Waals surface area contributed by atoms with Gasteiger partial charge in [0.05, 0.1) is 18.1 Å². The molecule has 110 valence electrons. The minimum atomic E-state index is -0.337. The van der Waals surface area contributed by atoms with Crippen LogP contribution in [0.3, 0.4) is 0 Å². The highest BCUT2D eigenvalue weighted by atomic mass is 16.6. The van der Waals surface area contributed by atoms with Crippen LogP contribution in [-0.2, 0) is 4.74 Å².